The van der Waals surface area contributed by atoms with E-state index in [0.29, 0.717) is 11.6 Å². The minimum absolute atomic E-state index is 0.00684. The number of morpholine rings is 1. The van der Waals surface area contributed by atoms with Gasteiger partial charge in [0.25, 0.3) is 5.91 Å². The molecular formula is C23H26ClN3O2S2. The molecule has 1 aromatic heterocycles. The van der Waals surface area contributed by atoms with Crippen LogP contribution in [0, 0.1) is 6.92 Å². The van der Waals surface area contributed by atoms with Crippen molar-refractivity contribution >= 4 is 56.0 Å². The molecule has 0 spiro atoms. The number of anilines is 1. The van der Waals surface area contributed by atoms with E-state index in [1.807, 2.05) is 48.2 Å². The highest BCUT2D eigenvalue weighted by Gasteiger charge is 2.25. The highest BCUT2D eigenvalue weighted by atomic mass is 35.5. The van der Waals surface area contributed by atoms with Crippen molar-refractivity contribution in [3.8, 4) is 0 Å². The van der Waals surface area contributed by atoms with Gasteiger partial charge in [0.05, 0.1) is 29.0 Å². The molecule has 1 amide bonds. The molecule has 0 bridgehead atoms. The Morgan fingerprint density at radius 1 is 1.29 bits per heavy atom. The van der Waals surface area contributed by atoms with Gasteiger partial charge in [0.1, 0.15) is 0 Å². The van der Waals surface area contributed by atoms with Crippen molar-refractivity contribution in [2.75, 3.05) is 50.0 Å². The van der Waals surface area contributed by atoms with Crippen LogP contribution in [0.15, 0.2) is 41.3 Å². The van der Waals surface area contributed by atoms with Gasteiger partial charge in [-0.3, -0.25) is 14.6 Å². The Bertz CT molecular complexity index is 1070. The second-order valence-electron chi connectivity index (χ2n) is 7.41. The molecule has 0 radical (unpaired) electrons. The second kappa shape index (κ2) is 10.3. The Morgan fingerprint density at radius 3 is 2.84 bits per heavy atom. The smallest absolute Gasteiger partial charge is 0.261 e. The topological polar surface area (TPSA) is 45.7 Å². The number of aryl methyl sites for hydroxylation is 1. The Morgan fingerprint density at radius 2 is 2.06 bits per heavy atom. The Balaban J connectivity index is 1.69. The number of amides is 1. The van der Waals surface area contributed by atoms with Gasteiger partial charge in [-0.05, 0) is 42.5 Å². The maximum Gasteiger partial charge on any atom is 0.261 e. The van der Waals surface area contributed by atoms with Gasteiger partial charge in [-0.2, -0.15) is 0 Å². The van der Waals surface area contributed by atoms with E-state index in [0.717, 1.165) is 70.0 Å². The molecule has 1 aliphatic rings. The summed E-state index contributed by atoms with van der Waals surface area (Å²) in [5, 5.41) is 1.41. The van der Waals surface area contributed by atoms with Crippen molar-refractivity contribution in [1.82, 2.24) is 9.88 Å². The van der Waals surface area contributed by atoms with E-state index >= 15 is 0 Å². The summed E-state index contributed by atoms with van der Waals surface area (Å²) in [7, 11) is 0. The number of benzene rings is 2. The Labute approximate surface area is 196 Å². The molecule has 1 saturated heterocycles. The van der Waals surface area contributed by atoms with Crippen LogP contribution in [0.4, 0.5) is 5.13 Å². The molecule has 8 heteroatoms. The molecule has 0 atom stereocenters. The van der Waals surface area contributed by atoms with Crippen molar-refractivity contribution in [2.45, 2.75) is 18.7 Å². The summed E-state index contributed by atoms with van der Waals surface area (Å²) in [6.07, 6.45) is 0. The van der Waals surface area contributed by atoms with Crippen molar-refractivity contribution in [3.05, 3.63) is 52.5 Å². The lowest BCUT2D eigenvalue weighted by Gasteiger charge is -2.29. The predicted molar refractivity (Wildman–Crippen MR) is 131 cm³/mol. The van der Waals surface area contributed by atoms with E-state index < -0.39 is 0 Å². The Kier molecular flexibility index (Phi) is 7.51. The van der Waals surface area contributed by atoms with Crippen LogP contribution in [0.2, 0.25) is 5.02 Å². The molecule has 164 valence electrons. The van der Waals surface area contributed by atoms with Crippen LogP contribution in [0.5, 0.6) is 0 Å². The molecule has 0 aliphatic carbocycles. The SMILES string of the molecule is CCSc1ccccc1C(=O)N(CCN1CCOCC1)c1nc2c(C)cc(Cl)cc2s1. The minimum atomic E-state index is -0.00684. The third-order valence-electron chi connectivity index (χ3n) is 5.28. The van der Waals surface area contributed by atoms with Crippen LogP contribution in [0.3, 0.4) is 0 Å². The molecule has 2 heterocycles. The quantitative estimate of drug-likeness (QED) is 0.431. The standard InChI is InChI=1S/C23H26ClN3O2S2/c1-3-30-19-7-5-4-6-18(19)22(28)27(9-8-26-10-12-29-13-11-26)23-25-21-16(2)14-17(24)15-20(21)31-23/h4-7,14-15H,3,8-13H2,1-2H3. The zero-order chi connectivity index (χ0) is 21.8. The van der Waals surface area contributed by atoms with Crippen LogP contribution < -0.4 is 4.90 Å². The predicted octanol–water partition coefficient (Wildman–Crippen LogP) is 5.35. The summed E-state index contributed by atoms with van der Waals surface area (Å²) in [6, 6.07) is 11.7. The number of fused-ring (bicyclic) bond motifs is 1. The van der Waals surface area contributed by atoms with Gasteiger partial charge in [-0.1, -0.05) is 42.0 Å². The number of carbonyl (C=O) groups is 1. The fourth-order valence-electron chi connectivity index (χ4n) is 3.68. The van der Waals surface area contributed by atoms with Crippen molar-refractivity contribution in [2.24, 2.45) is 0 Å². The normalized spacial score (nSPS) is 14.8. The van der Waals surface area contributed by atoms with E-state index in [9.17, 15) is 4.79 Å². The van der Waals surface area contributed by atoms with E-state index in [1.165, 1.54) is 11.3 Å². The minimum Gasteiger partial charge on any atom is -0.379 e. The summed E-state index contributed by atoms with van der Waals surface area (Å²) in [4.78, 5) is 23.8. The lowest BCUT2D eigenvalue weighted by molar-refractivity contribution is 0.0391. The number of ether oxygens (including phenoxy) is 1. The molecule has 1 fully saturated rings. The first kappa shape index (κ1) is 22.6. The maximum atomic E-state index is 13.8. The first-order chi connectivity index (χ1) is 15.1. The van der Waals surface area contributed by atoms with E-state index in [1.54, 1.807) is 11.8 Å². The molecular weight excluding hydrogens is 450 g/mol. The molecule has 1 aliphatic heterocycles. The van der Waals surface area contributed by atoms with Gasteiger partial charge in [-0.15, -0.1) is 11.8 Å². The van der Waals surface area contributed by atoms with Crippen LogP contribution in [-0.4, -0.2) is 60.9 Å². The van der Waals surface area contributed by atoms with Crippen molar-refractivity contribution < 1.29 is 9.53 Å². The molecule has 0 saturated carbocycles. The van der Waals surface area contributed by atoms with Crippen molar-refractivity contribution in [1.29, 1.82) is 0 Å². The first-order valence-electron chi connectivity index (χ1n) is 10.5. The summed E-state index contributed by atoms with van der Waals surface area (Å²) in [6.45, 7) is 8.72. The number of nitrogens with zero attached hydrogens (tertiary/aromatic N) is 3. The molecule has 2 aromatic carbocycles. The number of aromatic nitrogens is 1. The average Bonchev–Trinajstić information content (AvgIpc) is 3.19. The van der Waals surface area contributed by atoms with Crippen LogP contribution >= 0.6 is 34.7 Å². The van der Waals surface area contributed by atoms with E-state index in [2.05, 4.69) is 11.8 Å². The van der Waals surface area contributed by atoms with Gasteiger partial charge in [0.2, 0.25) is 0 Å². The number of hydrogen-bond donors (Lipinski definition) is 0. The second-order valence-corrected chi connectivity index (χ2v) is 10.2. The van der Waals surface area contributed by atoms with E-state index in [4.69, 9.17) is 21.3 Å². The van der Waals surface area contributed by atoms with Gasteiger partial charge in [-0.25, -0.2) is 4.98 Å². The van der Waals surface area contributed by atoms with Crippen LogP contribution in [0.25, 0.3) is 10.2 Å². The van der Waals surface area contributed by atoms with Crippen LogP contribution in [-0.2, 0) is 4.74 Å². The van der Waals surface area contributed by atoms with Gasteiger partial charge in [0, 0.05) is 36.1 Å². The fourth-order valence-corrected chi connectivity index (χ4v) is 5.92. The van der Waals surface area contributed by atoms with Gasteiger partial charge >= 0.3 is 0 Å². The maximum absolute atomic E-state index is 13.8. The van der Waals surface area contributed by atoms with Gasteiger partial charge < -0.3 is 4.74 Å². The number of thiazole rings is 1. The molecule has 0 unspecified atom stereocenters. The molecule has 4 rings (SSSR count). The number of thioether (sulfide) groups is 1. The highest BCUT2D eigenvalue weighted by molar-refractivity contribution is 7.99. The number of hydrogen-bond acceptors (Lipinski definition) is 6. The number of carbonyl (C=O) groups excluding carboxylic acids is 1. The van der Waals surface area contributed by atoms with E-state index in [-0.39, 0.29) is 5.91 Å². The molecule has 0 N–H and O–H groups in total. The monoisotopic (exact) mass is 475 g/mol. The molecule has 5 nitrogen and oxygen atoms in total. The number of halogens is 1. The van der Waals surface area contributed by atoms with Crippen LogP contribution in [0.1, 0.15) is 22.8 Å². The van der Waals surface area contributed by atoms with Crippen molar-refractivity contribution in [3.63, 3.8) is 0 Å². The summed E-state index contributed by atoms with van der Waals surface area (Å²) in [5.41, 5.74) is 2.66. The summed E-state index contributed by atoms with van der Waals surface area (Å²) >= 11 is 9.48. The molecule has 31 heavy (non-hydrogen) atoms. The molecule has 3 aromatic rings. The zero-order valence-electron chi connectivity index (χ0n) is 17.8. The highest BCUT2D eigenvalue weighted by Crippen LogP contribution is 2.34. The largest absolute Gasteiger partial charge is 0.379 e. The lowest BCUT2D eigenvalue weighted by Crippen LogP contribution is -2.43. The zero-order valence-corrected chi connectivity index (χ0v) is 20.2. The third kappa shape index (κ3) is 5.23. The van der Waals surface area contributed by atoms with Gasteiger partial charge in [0.15, 0.2) is 5.13 Å². The average molecular weight is 476 g/mol. The number of rotatable bonds is 7. The first-order valence-corrected chi connectivity index (χ1v) is 12.7. The third-order valence-corrected chi connectivity index (χ3v) is 7.48. The summed E-state index contributed by atoms with van der Waals surface area (Å²) in [5.74, 6) is 0.907. The fraction of sp³-hybridized carbons (Fsp3) is 0.391. The lowest BCUT2D eigenvalue weighted by atomic mass is 10.2. The summed E-state index contributed by atoms with van der Waals surface area (Å²) < 4.78 is 6.47. The Hall–Kier alpha value is -1.64.